The van der Waals surface area contributed by atoms with E-state index in [1.54, 1.807) is 12.1 Å². The van der Waals surface area contributed by atoms with Crippen molar-refractivity contribution in [3.63, 3.8) is 0 Å². The Bertz CT molecular complexity index is 1090. The molecule has 0 unspecified atom stereocenters. The molecule has 1 aromatic carbocycles. The predicted molar refractivity (Wildman–Crippen MR) is 134 cm³/mol. The van der Waals surface area contributed by atoms with Crippen molar-refractivity contribution in [2.45, 2.75) is 70.6 Å². The number of hydrogen-bond acceptors (Lipinski definition) is 4. The third-order valence-corrected chi connectivity index (χ3v) is 6.51. The van der Waals surface area contributed by atoms with E-state index in [4.69, 9.17) is 22.1 Å². The lowest BCUT2D eigenvalue weighted by molar-refractivity contribution is 0.0948. The van der Waals surface area contributed by atoms with E-state index in [1.807, 2.05) is 13.0 Å². The van der Waals surface area contributed by atoms with Crippen molar-refractivity contribution in [3.8, 4) is 5.75 Å². The van der Waals surface area contributed by atoms with Crippen molar-refractivity contribution in [2.24, 2.45) is 5.73 Å². The van der Waals surface area contributed by atoms with E-state index in [0.29, 0.717) is 28.3 Å². The number of nitrogens with one attached hydrogen (secondary N) is 2. The van der Waals surface area contributed by atoms with Gasteiger partial charge in [0.15, 0.2) is 0 Å². The van der Waals surface area contributed by atoms with Gasteiger partial charge in [0.2, 0.25) is 0 Å². The zero-order chi connectivity index (χ0) is 22.7. The summed E-state index contributed by atoms with van der Waals surface area (Å²) >= 11 is 6.38. The standard InChI is InChI=1S/C25H30ClN3O3.ClH/c1-15-11-16-5-3-2-4-6-20-21(24(30)28-14-22(16)25(31)29-15)12-17(26)13-23(20)32-19-9-7-18(27)8-10-19;/h2,4,11-13,18-19H,3,5-10,14,27H2,1H3,(H,28,30)(H,29,31);1H/b4-2-;. The molecule has 1 aromatic heterocycles. The summed E-state index contributed by atoms with van der Waals surface area (Å²) in [6, 6.07) is 5.69. The number of carbonyl (C=O) groups excluding carboxylic acids is 1. The topological polar surface area (TPSA) is 97.2 Å². The number of H-pyrrole nitrogens is 1. The number of hydrogen-bond donors (Lipinski definition) is 3. The summed E-state index contributed by atoms with van der Waals surface area (Å²) in [7, 11) is 0. The van der Waals surface area contributed by atoms with Crippen molar-refractivity contribution >= 4 is 29.9 Å². The highest BCUT2D eigenvalue weighted by molar-refractivity contribution is 6.31. The highest BCUT2D eigenvalue weighted by Gasteiger charge is 2.23. The van der Waals surface area contributed by atoms with Crippen LogP contribution in [0, 0.1) is 6.92 Å². The van der Waals surface area contributed by atoms with Crippen LogP contribution in [0.5, 0.6) is 5.75 Å². The number of amides is 1. The van der Waals surface area contributed by atoms with Crippen LogP contribution in [-0.2, 0) is 19.4 Å². The molecular weight excluding hydrogens is 461 g/mol. The van der Waals surface area contributed by atoms with E-state index in [0.717, 1.165) is 55.3 Å². The van der Waals surface area contributed by atoms with Gasteiger partial charge >= 0.3 is 0 Å². The Labute approximate surface area is 205 Å². The number of benzene rings is 1. The molecule has 6 nitrogen and oxygen atoms in total. The molecule has 178 valence electrons. The maximum Gasteiger partial charge on any atom is 0.253 e. The molecule has 0 radical (unpaired) electrons. The van der Waals surface area contributed by atoms with Gasteiger partial charge in [-0.3, -0.25) is 9.59 Å². The summed E-state index contributed by atoms with van der Waals surface area (Å²) in [6.45, 7) is 2.03. The molecule has 0 spiro atoms. The lowest BCUT2D eigenvalue weighted by Gasteiger charge is -2.28. The molecule has 1 aliphatic carbocycles. The molecule has 33 heavy (non-hydrogen) atoms. The number of aromatic amines is 1. The van der Waals surface area contributed by atoms with Crippen LogP contribution in [0.1, 0.15) is 64.8 Å². The second-order valence-electron chi connectivity index (χ2n) is 8.77. The van der Waals surface area contributed by atoms with Gasteiger partial charge in [-0.15, -0.1) is 12.4 Å². The molecule has 2 aromatic rings. The molecule has 1 saturated carbocycles. The molecule has 1 amide bonds. The number of carbonyl (C=O) groups is 1. The maximum absolute atomic E-state index is 13.2. The van der Waals surface area contributed by atoms with Crippen molar-refractivity contribution < 1.29 is 9.53 Å². The highest BCUT2D eigenvalue weighted by atomic mass is 35.5. The van der Waals surface area contributed by atoms with Crippen molar-refractivity contribution in [2.75, 3.05) is 0 Å². The zero-order valence-corrected chi connectivity index (χ0v) is 20.4. The minimum Gasteiger partial charge on any atom is -0.490 e. The Morgan fingerprint density at radius 1 is 1.06 bits per heavy atom. The van der Waals surface area contributed by atoms with Crippen LogP contribution in [0.4, 0.5) is 0 Å². The van der Waals surface area contributed by atoms with Gasteiger partial charge in [-0.25, -0.2) is 0 Å². The predicted octanol–water partition coefficient (Wildman–Crippen LogP) is 4.38. The monoisotopic (exact) mass is 491 g/mol. The first kappa shape index (κ1) is 25.3. The van der Waals surface area contributed by atoms with Crippen LogP contribution in [0.15, 0.2) is 35.1 Å². The van der Waals surface area contributed by atoms with Crippen LogP contribution in [-0.4, -0.2) is 23.0 Å². The van der Waals surface area contributed by atoms with Gasteiger partial charge in [0.1, 0.15) is 5.75 Å². The van der Waals surface area contributed by atoms with Gasteiger partial charge in [0.05, 0.1) is 6.10 Å². The average Bonchev–Trinajstić information content (AvgIpc) is 2.74. The van der Waals surface area contributed by atoms with E-state index < -0.39 is 0 Å². The van der Waals surface area contributed by atoms with Gasteiger partial charge in [0.25, 0.3) is 11.5 Å². The fourth-order valence-corrected chi connectivity index (χ4v) is 4.75. The first-order chi connectivity index (χ1) is 15.4. The Morgan fingerprint density at radius 3 is 2.58 bits per heavy atom. The number of fused-ring (bicyclic) bond motifs is 2. The largest absolute Gasteiger partial charge is 0.490 e. The first-order valence-corrected chi connectivity index (χ1v) is 11.7. The second-order valence-corrected chi connectivity index (χ2v) is 9.20. The van der Waals surface area contributed by atoms with E-state index in [1.165, 1.54) is 0 Å². The minimum atomic E-state index is -0.266. The summed E-state index contributed by atoms with van der Waals surface area (Å²) in [6.07, 6.45) is 10.00. The SMILES string of the molecule is Cc1cc2c(c(=O)[nH]1)CNC(=O)c1cc(Cl)cc(OC3CCC(N)CC3)c1C/C=C\CC2.Cl. The minimum absolute atomic E-state index is 0. The fraction of sp³-hybridized carbons (Fsp3) is 0.440. The molecule has 1 aliphatic heterocycles. The third kappa shape index (κ3) is 6.19. The molecule has 4 rings (SSSR count). The Balaban J connectivity index is 0.00000306. The zero-order valence-electron chi connectivity index (χ0n) is 18.8. The number of aryl methyl sites for hydroxylation is 2. The van der Waals surface area contributed by atoms with E-state index in [2.05, 4.69) is 22.5 Å². The Kier molecular flexibility index (Phi) is 8.63. The quantitative estimate of drug-likeness (QED) is 0.542. The molecule has 8 heteroatoms. The maximum atomic E-state index is 13.2. The Hall–Kier alpha value is -2.28. The molecular formula is C25H31Cl2N3O3. The smallest absolute Gasteiger partial charge is 0.253 e. The molecule has 4 N–H and O–H groups in total. The number of allylic oxidation sites excluding steroid dienone is 2. The number of aromatic nitrogens is 1. The molecule has 2 heterocycles. The summed E-state index contributed by atoms with van der Waals surface area (Å²) < 4.78 is 6.34. The molecule has 0 saturated heterocycles. The number of ether oxygens (including phenoxy) is 1. The van der Waals surface area contributed by atoms with Crippen molar-refractivity contribution in [3.05, 3.63) is 73.7 Å². The fourth-order valence-electron chi connectivity index (χ4n) is 4.54. The van der Waals surface area contributed by atoms with Crippen LogP contribution < -0.4 is 21.3 Å². The lowest BCUT2D eigenvalue weighted by Crippen LogP contribution is -2.32. The van der Waals surface area contributed by atoms with Crippen LogP contribution in [0.3, 0.4) is 0 Å². The van der Waals surface area contributed by atoms with Gasteiger partial charge in [-0.2, -0.15) is 0 Å². The summed E-state index contributed by atoms with van der Waals surface area (Å²) in [4.78, 5) is 28.5. The number of rotatable bonds is 2. The summed E-state index contributed by atoms with van der Waals surface area (Å²) in [5, 5.41) is 3.37. The Morgan fingerprint density at radius 2 is 1.82 bits per heavy atom. The molecule has 0 bridgehead atoms. The third-order valence-electron chi connectivity index (χ3n) is 6.29. The van der Waals surface area contributed by atoms with E-state index >= 15 is 0 Å². The number of halogens is 2. The van der Waals surface area contributed by atoms with E-state index in [-0.39, 0.29) is 42.6 Å². The second kappa shape index (κ2) is 11.2. The van der Waals surface area contributed by atoms with Crippen LogP contribution >= 0.6 is 24.0 Å². The normalized spacial score (nSPS) is 21.8. The van der Waals surface area contributed by atoms with Crippen molar-refractivity contribution in [1.82, 2.24) is 10.3 Å². The van der Waals surface area contributed by atoms with Gasteiger partial charge in [-0.05, 0) is 75.6 Å². The average molecular weight is 492 g/mol. The molecule has 1 fully saturated rings. The summed E-state index contributed by atoms with van der Waals surface area (Å²) in [5.74, 6) is 0.386. The van der Waals surface area contributed by atoms with Gasteiger partial charge < -0.3 is 20.8 Å². The number of nitrogens with two attached hydrogens (primary N) is 1. The lowest BCUT2D eigenvalue weighted by atomic mass is 9.93. The van der Waals surface area contributed by atoms with E-state index in [9.17, 15) is 9.59 Å². The van der Waals surface area contributed by atoms with Crippen molar-refractivity contribution in [1.29, 1.82) is 0 Å². The highest BCUT2D eigenvalue weighted by Crippen LogP contribution is 2.32. The van der Waals surface area contributed by atoms with Crippen LogP contribution in [0.25, 0.3) is 0 Å². The molecule has 2 aliphatic rings. The molecule has 0 atom stereocenters. The van der Waals surface area contributed by atoms with Gasteiger partial charge in [-0.1, -0.05) is 23.8 Å². The van der Waals surface area contributed by atoms with Crippen LogP contribution in [0.2, 0.25) is 5.02 Å². The number of pyridine rings is 1. The summed E-state index contributed by atoms with van der Waals surface area (Å²) in [5.41, 5.74) is 9.54. The first-order valence-electron chi connectivity index (χ1n) is 11.3. The van der Waals surface area contributed by atoms with Gasteiger partial charge in [0, 0.05) is 40.0 Å².